The van der Waals surface area contributed by atoms with E-state index in [0.29, 0.717) is 19.4 Å². The fraction of sp³-hybridized carbons (Fsp3) is 0.909. The molecular weight excluding hydrogens is 219 g/mol. The molecule has 1 rings (SSSR count). The first-order valence-electron chi connectivity index (χ1n) is 5.59. The van der Waals surface area contributed by atoms with Gasteiger partial charge in [0.25, 0.3) is 0 Å². The summed E-state index contributed by atoms with van der Waals surface area (Å²) in [4.78, 5) is 0. The topological polar surface area (TPSA) is 33.0 Å². The Morgan fingerprint density at radius 1 is 1.44 bits per heavy atom. The van der Waals surface area contributed by atoms with Crippen LogP contribution in [0.15, 0.2) is 0 Å². The van der Waals surface area contributed by atoms with E-state index in [9.17, 15) is 13.2 Å². The molecule has 5 heteroatoms. The monoisotopic (exact) mass is 235 g/mol. The van der Waals surface area contributed by atoms with Crippen LogP contribution in [-0.2, 0) is 4.74 Å². The van der Waals surface area contributed by atoms with Crippen LogP contribution in [0.2, 0.25) is 0 Å². The van der Waals surface area contributed by atoms with Crippen molar-refractivity contribution in [2.45, 2.75) is 50.8 Å². The van der Waals surface area contributed by atoms with Gasteiger partial charge in [-0.3, -0.25) is 0 Å². The standard InChI is InChI=1S/C11H16F3NO/c12-11(13,14)5-1-3-9(8-15)7-10-4-2-6-16-10/h9-10H,1-7H2. The highest BCUT2D eigenvalue weighted by atomic mass is 19.4. The van der Waals surface area contributed by atoms with E-state index < -0.39 is 12.6 Å². The highest BCUT2D eigenvalue weighted by molar-refractivity contribution is 4.86. The highest BCUT2D eigenvalue weighted by Crippen LogP contribution is 2.26. The molecule has 0 bridgehead atoms. The molecule has 2 unspecified atom stereocenters. The second kappa shape index (κ2) is 6.09. The summed E-state index contributed by atoms with van der Waals surface area (Å²) >= 11 is 0. The smallest absolute Gasteiger partial charge is 0.378 e. The van der Waals surface area contributed by atoms with Crippen LogP contribution < -0.4 is 0 Å². The zero-order valence-electron chi connectivity index (χ0n) is 9.09. The molecule has 1 fully saturated rings. The maximum absolute atomic E-state index is 11.9. The molecule has 0 spiro atoms. The molecule has 0 N–H and O–H groups in total. The summed E-state index contributed by atoms with van der Waals surface area (Å²) in [5.41, 5.74) is 0. The quantitative estimate of drug-likeness (QED) is 0.731. The van der Waals surface area contributed by atoms with Crippen LogP contribution in [-0.4, -0.2) is 18.9 Å². The van der Waals surface area contributed by atoms with Crippen LogP contribution in [0.5, 0.6) is 0 Å². The van der Waals surface area contributed by atoms with Crippen molar-refractivity contribution in [2.24, 2.45) is 5.92 Å². The van der Waals surface area contributed by atoms with Crippen molar-refractivity contribution in [1.82, 2.24) is 0 Å². The first-order chi connectivity index (χ1) is 7.51. The van der Waals surface area contributed by atoms with Gasteiger partial charge in [-0.2, -0.15) is 18.4 Å². The Kier molecular flexibility index (Phi) is 5.07. The van der Waals surface area contributed by atoms with Gasteiger partial charge in [0.1, 0.15) is 0 Å². The van der Waals surface area contributed by atoms with Gasteiger partial charge < -0.3 is 4.74 Å². The molecule has 0 saturated carbocycles. The number of halogens is 3. The number of hydrogen-bond acceptors (Lipinski definition) is 2. The van der Waals surface area contributed by atoms with E-state index in [1.807, 2.05) is 0 Å². The van der Waals surface area contributed by atoms with E-state index in [1.54, 1.807) is 0 Å². The van der Waals surface area contributed by atoms with Gasteiger partial charge in [0.15, 0.2) is 0 Å². The fourth-order valence-electron chi connectivity index (χ4n) is 1.93. The predicted octanol–water partition coefficient (Wildman–Crippen LogP) is 3.43. The lowest BCUT2D eigenvalue weighted by Crippen LogP contribution is -2.13. The van der Waals surface area contributed by atoms with Crippen molar-refractivity contribution in [3.05, 3.63) is 0 Å². The van der Waals surface area contributed by atoms with E-state index in [-0.39, 0.29) is 18.4 Å². The summed E-state index contributed by atoms with van der Waals surface area (Å²) < 4.78 is 41.1. The second-order valence-electron chi connectivity index (χ2n) is 4.20. The lowest BCUT2D eigenvalue weighted by molar-refractivity contribution is -0.136. The first-order valence-corrected chi connectivity index (χ1v) is 5.59. The minimum atomic E-state index is -4.11. The Bertz CT molecular complexity index is 241. The average Bonchev–Trinajstić information content (AvgIpc) is 2.67. The normalized spacial score (nSPS) is 23.0. The summed E-state index contributed by atoms with van der Waals surface area (Å²) in [7, 11) is 0. The lowest BCUT2D eigenvalue weighted by Gasteiger charge is -2.14. The van der Waals surface area contributed by atoms with Crippen LogP contribution in [0.4, 0.5) is 13.2 Å². The third-order valence-electron chi connectivity index (χ3n) is 2.77. The molecule has 1 heterocycles. The summed E-state index contributed by atoms with van der Waals surface area (Å²) in [5.74, 6) is -0.301. The van der Waals surface area contributed by atoms with E-state index in [4.69, 9.17) is 10.00 Å². The van der Waals surface area contributed by atoms with Gasteiger partial charge in [0.2, 0.25) is 0 Å². The Morgan fingerprint density at radius 3 is 2.69 bits per heavy atom. The minimum Gasteiger partial charge on any atom is -0.378 e. The second-order valence-corrected chi connectivity index (χ2v) is 4.20. The van der Waals surface area contributed by atoms with Crippen LogP contribution in [0.25, 0.3) is 0 Å². The van der Waals surface area contributed by atoms with Crippen molar-refractivity contribution < 1.29 is 17.9 Å². The largest absolute Gasteiger partial charge is 0.389 e. The number of hydrogen-bond donors (Lipinski definition) is 0. The van der Waals surface area contributed by atoms with Gasteiger partial charge in [-0.15, -0.1) is 0 Å². The van der Waals surface area contributed by atoms with Crippen LogP contribution in [0, 0.1) is 17.2 Å². The average molecular weight is 235 g/mol. The molecule has 1 aliphatic rings. The van der Waals surface area contributed by atoms with E-state index in [1.165, 1.54) is 0 Å². The molecule has 0 aromatic heterocycles. The first kappa shape index (κ1) is 13.3. The predicted molar refractivity (Wildman–Crippen MR) is 52.6 cm³/mol. The molecular formula is C11H16F3NO. The van der Waals surface area contributed by atoms with Crippen molar-refractivity contribution in [2.75, 3.05) is 6.61 Å². The number of alkyl halides is 3. The van der Waals surface area contributed by atoms with E-state index in [2.05, 4.69) is 6.07 Å². The summed E-state index contributed by atoms with van der Waals surface area (Å²) in [6.45, 7) is 0.714. The van der Waals surface area contributed by atoms with E-state index >= 15 is 0 Å². The maximum atomic E-state index is 11.9. The highest BCUT2D eigenvalue weighted by Gasteiger charge is 2.27. The number of ether oxygens (including phenoxy) is 1. The van der Waals surface area contributed by atoms with Gasteiger partial charge in [0, 0.05) is 18.9 Å². The molecule has 0 aromatic carbocycles. The summed E-state index contributed by atoms with van der Waals surface area (Å²) in [5, 5.41) is 8.83. The van der Waals surface area contributed by atoms with Crippen molar-refractivity contribution in [3.8, 4) is 6.07 Å². The van der Waals surface area contributed by atoms with Crippen LogP contribution in [0.3, 0.4) is 0 Å². The van der Waals surface area contributed by atoms with Crippen molar-refractivity contribution in [3.63, 3.8) is 0 Å². The molecule has 2 nitrogen and oxygen atoms in total. The van der Waals surface area contributed by atoms with Gasteiger partial charge in [-0.1, -0.05) is 0 Å². The van der Waals surface area contributed by atoms with E-state index in [0.717, 1.165) is 12.8 Å². The van der Waals surface area contributed by atoms with Crippen molar-refractivity contribution in [1.29, 1.82) is 5.26 Å². The Morgan fingerprint density at radius 2 is 2.19 bits per heavy atom. The molecule has 16 heavy (non-hydrogen) atoms. The summed E-state index contributed by atoms with van der Waals surface area (Å²) in [6.07, 6.45) is -1.97. The fourth-order valence-corrected chi connectivity index (χ4v) is 1.93. The Hall–Kier alpha value is -0.760. The Balaban J connectivity index is 2.19. The van der Waals surface area contributed by atoms with Gasteiger partial charge in [-0.25, -0.2) is 0 Å². The van der Waals surface area contributed by atoms with Gasteiger partial charge >= 0.3 is 6.18 Å². The van der Waals surface area contributed by atoms with Gasteiger partial charge in [0.05, 0.1) is 12.2 Å². The summed E-state index contributed by atoms with van der Waals surface area (Å²) in [6, 6.07) is 2.07. The molecule has 0 radical (unpaired) electrons. The minimum absolute atomic E-state index is 0.0362. The zero-order chi connectivity index (χ0) is 12.0. The third kappa shape index (κ3) is 5.36. The number of rotatable bonds is 5. The van der Waals surface area contributed by atoms with Crippen LogP contribution >= 0.6 is 0 Å². The molecule has 1 saturated heterocycles. The Labute approximate surface area is 93.4 Å². The number of nitrogens with zero attached hydrogens (tertiary/aromatic N) is 1. The zero-order valence-corrected chi connectivity index (χ0v) is 9.09. The molecule has 1 aliphatic heterocycles. The van der Waals surface area contributed by atoms with Crippen LogP contribution in [0.1, 0.15) is 38.5 Å². The van der Waals surface area contributed by atoms with Gasteiger partial charge in [-0.05, 0) is 32.1 Å². The maximum Gasteiger partial charge on any atom is 0.389 e. The molecule has 0 amide bonds. The molecule has 92 valence electrons. The number of nitriles is 1. The molecule has 0 aromatic rings. The lowest BCUT2D eigenvalue weighted by atomic mass is 9.96. The van der Waals surface area contributed by atoms with Crippen molar-refractivity contribution >= 4 is 0 Å². The molecule has 0 aliphatic carbocycles. The third-order valence-corrected chi connectivity index (χ3v) is 2.77. The molecule has 2 atom stereocenters. The SMILES string of the molecule is N#CC(CCCC(F)(F)F)CC1CCCO1.